The maximum absolute atomic E-state index is 5.95. The van der Waals surface area contributed by atoms with E-state index in [2.05, 4.69) is 24.9 Å². The molecule has 2 N–H and O–H groups in total. The lowest BCUT2D eigenvalue weighted by Crippen LogP contribution is -2.19. The minimum atomic E-state index is 0.819. The van der Waals surface area contributed by atoms with E-state index >= 15 is 0 Å². The van der Waals surface area contributed by atoms with E-state index in [1.165, 1.54) is 37.0 Å². The number of nitrogens with zero attached hydrogens (tertiary/aromatic N) is 1. The molecule has 1 rings (SSSR count). The molecule has 110 valence electrons. The first-order valence-electron chi connectivity index (χ1n) is 7.28. The lowest BCUT2D eigenvalue weighted by Gasteiger charge is -2.19. The fraction of sp³-hybridized carbons (Fsp3) is 0.733. The van der Waals surface area contributed by atoms with E-state index in [1.54, 1.807) is 11.3 Å². The largest absolute Gasteiger partial charge is 0.330 e. The lowest BCUT2D eigenvalue weighted by molar-refractivity contribution is 0.300. The van der Waals surface area contributed by atoms with E-state index in [9.17, 15) is 0 Å². The molecule has 2 nitrogen and oxygen atoms in total. The molecule has 0 spiro atoms. The van der Waals surface area contributed by atoms with Gasteiger partial charge in [-0.3, -0.25) is 0 Å². The van der Waals surface area contributed by atoms with Crippen LogP contribution in [0, 0.1) is 5.92 Å². The van der Waals surface area contributed by atoms with E-state index in [1.807, 2.05) is 6.07 Å². The Hall–Kier alpha value is -0.0900. The number of rotatable bonds is 10. The van der Waals surface area contributed by atoms with E-state index in [0.717, 1.165) is 29.9 Å². The Kier molecular flexibility index (Phi) is 8.71. The molecular formula is C15H27ClN2S. The van der Waals surface area contributed by atoms with Crippen molar-refractivity contribution in [3.05, 3.63) is 21.3 Å². The third-order valence-electron chi connectivity index (χ3n) is 3.48. The summed E-state index contributed by atoms with van der Waals surface area (Å²) in [6.45, 7) is 5.25. The molecule has 0 saturated heterocycles. The molecule has 1 heterocycles. The highest BCUT2D eigenvalue weighted by molar-refractivity contribution is 7.16. The van der Waals surface area contributed by atoms with Gasteiger partial charge < -0.3 is 10.6 Å². The summed E-state index contributed by atoms with van der Waals surface area (Å²) in [5.41, 5.74) is 5.67. The molecule has 1 unspecified atom stereocenters. The number of hydrogen-bond acceptors (Lipinski definition) is 3. The molecule has 4 heteroatoms. The Bertz CT molecular complexity index is 335. The molecular weight excluding hydrogens is 276 g/mol. The molecule has 0 bridgehead atoms. The Morgan fingerprint density at radius 1 is 1.32 bits per heavy atom. The van der Waals surface area contributed by atoms with Crippen molar-refractivity contribution in [2.75, 3.05) is 20.1 Å². The normalized spacial score (nSPS) is 13.1. The molecule has 1 aromatic heterocycles. The van der Waals surface area contributed by atoms with Gasteiger partial charge in [0, 0.05) is 11.4 Å². The zero-order chi connectivity index (χ0) is 14.1. The predicted molar refractivity (Wildman–Crippen MR) is 87.0 cm³/mol. The van der Waals surface area contributed by atoms with Crippen molar-refractivity contribution in [2.45, 2.75) is 45.6 Å². The van der Waals surface area contributed by atoms with E-state index in [4.69, 9.17) is 17.3 Å². The van der Waals surface area contributed by atoms with E-state index in [0.29, 0.717) is 0 Å². The molecule has 0 aliphatic rings. The minimum absolute atomic E-state index is 0.819. The maximum atomic E-state index is 5.95. The summed E-state index contributed by atoms with van der Waals surface area (Å²) >= 11 is 7.63. The van der Waals surface area contributed by atoms with Gasteiger partial charge in [-0.15, -0.1) is 11.3 Å². The van der Waals surface area contributed by atoms with Gasteiger partial charge in [-0.05, 0) is 57.5 Å². The Balaban J connectivity index is 2.20. The third-order valence-corrected chi connectivity index (χ3v) is 4.69. The standard InChI is InChI=1S/C15H27ClN2S/c1-3-5-13(9-10-17)6-4-11-18(2)12-14-7-8-15(16)19-14/h7-8,13H,3-6,9-12,17H2,1-2H3. The van der Waals surface area contributed by atoms with Crippen LogP contribution in [0.1, 0.15) is 43.9 Å². The summed E-state index contributed by atoms with van der Waals surface area (Å²) in [5.74, 6) is 0.819. The fourth-order valence-corrected chi connectivity index (χ4v) is 3.68. The van der Waals surface area contributed by atoms with Gasteiger partial charge in [-0.2, -0.15) is 0 Å². The second kappa shape index (κ2) is 9.76. The minimum Gasteiger partial charge on any atom is -0.330 e. The monoisotopic (exact) mass is 302 g/mol. The topological polar surface area (TPSA) is 29.3 Å². The first-order valence-corrected chi connectivity index (χ1v) is 8.48. The highest BCUT2D eigenvalue weighted by Gasteiger charge is 2.08. The van der Waals surface area contributed by atoms with Crippen LogP contribution in [0.4, 0.5) is 0 Å². The molecule has 0 radical (unpaired) electrons. The molecule has 1 atom stereocenters. The lowest BCUT2D eigenvalue weighted by atomic mass is 9.94. The molecule has 0 aliphatic carbocycles. The van der Waals surface area contributed by atoms with Crippen LogP contribution in [0.15, 0.2) is 12.1 Å². The zero-order valence-corrected chi connectivity index (χ0v) is 13.8. The third kappa shape index (κ3) is 7.31. The number of hydrogen-bond donors (Lipinski definition) is 1. The fourth-order valence-electron chi connectivity index (χ4n) is 2.51. The summed E-state index contributed by atoms with van der Waals surface area (Å²) in [7, 11) is 2.19. The van der Waals surface area contributed by atoms with Crippen molar-refractivity contribution in [3.8, 4) is 0 Å². The summed E-state index contributed by atoms with van der Waals surface area (Å²) < 4.78 is 0.884. The summed E-state index contributed by atoms with van der Waals surface area (Å²) in [4.78, 5) is 3.73. The van der Waals surface area contributed by atoms with Crippen molar-refractivity contribution < 1.29 is 0 Å². The van der Waals surface area contributed by atoms with Crippen LogP contribution in [0.5, 0.6) is 0 Å². The number of nitrogens with two attached hydrogens (primary N) is 1. The Labute approximate surface area is 126 Å². The second-order valence-electron chi connectivity index (χ2n) is 5.32. The van der Waals surface area contributed by atoms with Crippen molar-refractivity contribution >= 4 is 22.9 Å². The molecule has 0 saturated carbocycles. The average molecular weight is 303 g/mol. The van der Waals surface area contributed by atoms with Crippen molar-refractivity contribution in [3.63, 3.8) is 0 Å². The van der Waals surface area contributed by atoms with Crippen molar-refractivity contribution in [2.24, 2.45) is 11.7 Å². The van der Waals surface area contributed by atoms with Crippen LogP contribution in [-0.2, 0) is 6.54 Å². The molecule has 0 aromatic carbocycles. The molecule has 1 aromatic rings. The Morgan fingerprint density at radius 3 is 2.68 bits per heavy atom. The van der Waals surface area contributed by atoms with Crippen molar-refractivity contribution in [1.82, 2.24) is 4.90 Å². The van der Waals surface area contributed by atoms with E-state index < -0.39 is 0 Å². The number of thiophene rings is 1. The molecule has 19 heavy (non-hydrogen) atoms. The van der Waals surface area contributed by atoms with Crippen LogP contribution in [-0.4, -0.2) is 25.0 Å². The van der Waals surface area contributed by atoms with Crippen LogP contribution in [0.3, 0.4) is 0 Å². The highest BCUT2D eigenvalue weighted by Crippen LogP contribution is 2.23. The van der Waals surface area contributed by atoms with E-state index in [-0.39, 0.29) is 0 Å². The van der Waals surface area contributed by atoms with Crippen LogP contribution in [0.25, 0.3) is 0 Å². The van der Waals surface area contributed by atoms with Gasteiger partial charge in [-0.1, -0.05) is 31.4 Å². The van der Waals surface area contributed by atoms with Gasteiger partial charge in [0.2, 0.25) is 0 Å². The molecule has 0 aliphatic heterocycles. The van der Waals surface area contributed by atoms with Gasteiger partial charge >= 0.3 is 0 Å². The predicted octanol–water partition coefficient (Wildman–Crippen LogP) is 4.38. The van der Waals surface area contributed by atoms with Gasteiger partial charge in [0.25, 0.3) is 0 Å². The SMILES string of the molecule is CCCC(CCN)CCCN(C)Cc1ccc(Cl)s1. The number of halogens is 1. The van der Waals surface area contributed by atoms with Crippen molar-refractivity contribution in [1.29, 1.82) is 0 Å². The van der Waals surface area contributed by atoms with Gasteiger partial charge in [0.15, 0.2) is 0 Å². The van der Waals surface area contributed by atoms with Gasteiger partial charge in [-0.25, -0.2) is 0 Å². The average Bonchev–Trinajstić information content (AvgIpc) is 2.75. The molecule has 0 fully saturated rings. The smallest absolute Gasteiger partial charge is 0.0931 e. The first kappa shape index (κ1) is 17.0. The summed E-state index contributed by atoms with van der Waals surface area (Å²) in [5, 5.41) is 0. The van der Waals surface area contributed by atoms with Crippen LogP contribution >= 0.6 is 22.9 Å². The molecule has 0 amide bonds. The summed E-state index contributed by atoms with van der Waals surface area (Å²) in [6.07, 6.45) is 6.34. The van der Waals surface area contributed by atoms with Crippen LogP contribution < -0.4 is 5.73 Å². The van der Waals surface area contributed by atoms with Gasteiger partial charge in [0.1, 0.15) is 0 Å². The second-order valence-corrected chi connectivity index (χ2v) is 7.12. The zero-order valence-electron chi connectivity index (χ0n) is 12.2. The first-order chi connectivity index (χ1) is 9.15. The summed E-state index contributed by atoms with van der Waals surface area (Å²) in [6, 6.07) is 4.10. The van der Waals surface area contributed by atoms with Gasteiger partial charge in [0.05, 0.1) is 4.34 Å². The highest BCUT2D eigenvalue weighted by atomic mass is 35.5. The maximum Gasteiger partial charge on any atom is 0.0931 e. The quantitative estimate of drug-likeness (QED) is 0.695. The Morgan fingerprint density at radius 2 is 2.11 bits per heavy atom. The van der Waals surface area contributed by atoms with Crippen LogP contribution in [0.2, 0.25) is 4.34 Å².